The Kier molecular flexibility index (Phi) is 4.92. The molecular formula is C14H20FN3O2. The highest BCUT2D eigenvalue weighted by Gasteiger charge is 2.22. The van der Waals surface area contributed by atoms with E-state index in [9.17, 15) is 9.50 Å². The van der Waals surface area contributed by atoms with E-state index in [0.29, 0.717) is 18.0 Å². The summed E-state index contributed by atoms with van der Waals surface area (Å²) >= 11 is 0. The summed E-state index contributed by atoms with van der Waals surface area (Å²) in [5.74, 6) is -0.259. The van der Waals surface area contributed by atoms with E-state index in [2.05, 4.69) is 10.5 Å². The van der Waals surface area contributed by atoms with Crippen molar-refractivity contribution in [1.82, 2.24) is 5.32 Å². The van der Waals surface area contributed by atoms with Crippen molar-refractivity contribution in [2.45, 2.75) is 31.9 Å². The number of rotatable bonds is 5. The Bertz CT molecular complexity index is 493. The molecule has 0 aromatic heterocycles. The standard InChI is InChI=1S/C14H20FN3O2/c15-13-10(2-1-3-12(13)14(16)18-20)8-17-7-9-4-5-11(19)6-9/h1-3,9,11,17,19-20H,4-8H2,(H2,16,18). The molecule has 0 aliphatic heterocycles. The first-order valence-electron chi connectivity index (χ1n) is 6.76. The van der Waals surface area contributed by atoms with E-state index >= 15 is 0 Å². The molecule has 0 amide bonds. The summed E-state index contributed by atoms with van der Waals surface area (Å²) in [7, 11) is 0. The van der Waals surface area contributed by atoms with Crippen molar-refractivity contribution in [3.8, 4) is 0 Å². The van der Waals surface area contributed by atoms with Crippen LogP contribution in [0.5, 0.6) is 0 Å². The second-order valence-electron chi connectivity index (χ2n) is 5.23. The maximum absolute atomic E-state index is 14.1. The lowest BCUT2D eigenvalue weighted by molar-refractivity contribution is 0.177. The molecule has 0 bridgehead atoms. The molecular weight excluding hydrogens is 261 g/mol. The van der Waals surface area contributed by atoms with Gasteiger partial charge in [-0.2, -0.15) is 0 Å². The predicted molar refractivity (Wildman–Crippen MR) is 74.0 cm³/mol. The van der Waals surface area contributed by atoms with Gasteiger partial charge < -0.3 is 21.4 Å². The highest BCUT2D eigenvalue weighted by atomic mass is 19.1. The third-order valence-corrected chi connectivity index (χ3v) is 3.72. The van der Waals surface area contributed by atoms with Crippen LogP contribution in [0, 0.1) is 11.7 Å². The van der Waals surface area contributed by atoms with Gasteiger partial charge in [0.25, 0.3) is 0 Å². The number of amidine groups is 1. The van der Waals surface area contributed by atoms with Crippen molar-refractivity contribution in [3.63, 3.8) is 0 Å². The van der Waals surface area contributed by atoms with Crippen LogP contribution < -0.4 is 11.1 Å². The molecule has 1 saturated carbocycles. The molecule has 0 spiro atoms. The van der Waals surface area contributed by atoms with Gasteiger partial charge >= 0.3 is 0 Å². The smallest absolute Gasteiger partial charge is 0.173 e. The lowest BCUT2D eigenvalue weighted by atomic mass is 10.1. The van der Waals surface area contributed by atoms with Crippen LogP contribution in [-0.4, -0.2) is 28.8 Å². The summed E-state index contributed by atoms with van der Waals surface area (Å²) in [5.41, 5.74) is 6.00. The summed E-state index contributed by atoms with van der Waals surface area (Å²) in [6.45, 7) is 1.13. The van der Waals surface area contributed by atoms with Gasteiger partial charge in [0, 0.05) is 12.1 Å². The van der Waals surface area contributed by atoms with Crippen LogP contribution in [0.1, 0.15) is 30.4 Å². The molecule has 0 radical (unpaired) electrons. The van der Waals surface area contributed by atoms with Crippen LogP contribution in [0.4, 0.5) is 4.39 Å². The second-order valence-corrected chi connectivity index (χ2v) is 5.23. The fourth-order valence-corrected chi connectivity index (χ4v) is 2.61. The number of benzene rings is 1. The summed E-state index contributed by atoms with van der Waals surface area (Å²) < 4.78 is 14.1. The zero-order chi connectivity index (χ0) is 14.5. The third kappa shape index (κ3) is 3.46. The SMILES string of the molecule is N/C(=N/O)c1cccc(CNCC2CCC(O)C2)c1F. The van der Waals surface area contributed by atoms with Crippen LogP contribution in [0.3, 0.4) is 0 Å². The van der Waals surface area contributed by atoms with E-state index in [-0.39, 0.29) is 17.5 Å². The molecule has 1 aromatic rings. The van der Waals surface area contributed by atoms with Crippen LogP contribution in [0.15, 0.2) is 23.4 Å². The van der Waals surface area contributed by atoms with Gasteiger partial charge in [-0.25, -0.2) is 4.39 Å². The molecule has 5 nitrogen and oxygen atoms in total. The number of oxime groups is 1. The van der Waals surface area contributed by atoms with Crippen LogP contribution in [0.25, 0.3) is 0 Å². The molecule has 1 fully saturated rings. The molecule has 1 aliphatic carbocycles. The number of aliphatic hydroxyl groups is 1. The number of nitrogens with two attached hydrogens (primary N) is 1. The number of hydrogen-bond donors (Lipinski definition) is 4. The van der Waals surface area contributed by atoms with Crippen molar-refractivity contribution in [1.29, 1.82) is 0 Å². The summed E-state index contributed by atoms with van der Waals surface area (Å²) in [4.78, 5) is 0. The number of nitrogens with one attached hydrogen (secondary N) is 1. The quantitative estimate of drug-likeness (QED) is 0.282. The monoisotopic (exact) mass is 281 g/mol. The first-order chi connectivity index (χ1) is 9.61. The van der Waals surface area contributed by atoms with Crippen molar-refractivity contribution in [2.75, 3.05) is 6.54 Å². The minimum atomic E-state index is -0.471. The Morgan fingerprint density at radius 2 is 2.25 bits per heavy atom. The van der Waals surface area contributed by atoms with E-state index in [1.807, 2.05) is 0 Å². The van der Waals surface area contributed by atoms with Gasteiger partial charge in [0.2, 0.25) is 0 Å². The van der Waals surface area contributed by atoms with Crippen molar-refractivity contribution in [3.05, 3.63) is 35.1 Å². The van der Waals surface area contributed by atoms with Crippen molar-refractivity contribution >= 4 is 5.84 Å². The first-order valence-corrected chi connectivity index (χ1v) is 6.76. The van der Waals surface area contributed by atoms with E-state index in [1.165, 1.54) is 6.07 Å². The molecule has 2 unspecified atom stereocenters. The fourth-order valence-electron chi connectivity index (χ4n) is 2.61. The van der Waals surface area contributed by atoms with Crippen LogP contribution >= 0.6 is 0 Å². The van der Waals surface area contributed by atoms with Gasteiger partial charge in [-0.3, -0.25) is 0 Å². The maximum Gasteiger partial charge on any atom is 0.173 e. The van der Waals surface area contributed by atoms with E-state index in [0.717, 1.165) is 25.8 Å². The molecule has 6 heteroatoms. The van der Waals surface area contributed by atoms with Gasteiger partial charge in [0.1, 0.15) is 5.82 Å². The molecule has 1 aliphatic rings. The maximum atomic E-state index is 14.1. The lowest BCUT2D eigenvalue weighted by Gasteiger charge is -2.12. The zero-order valence-electron chi connectivity index (χ0n) is 11.2. The van der Waals surface area contributed by atoms with Gasteiger partial charge in [0.05, 0.1) is 11.7 Å². The molecule has 110 valence electrons. The Morgan fingerprint density at radius 1 is 1.45 bits per heavy atom. The molecule has 20 heavy (non-hydrogen) atoms. The van der Waals surface area contributed by atoms with Crippen LogP contribution in [-0.2, 0) is 6.54 Å². The Morgan fingerprint density at radius 3 is 2.90 bits per heavy atom. The molecule has 2 rings (SSSR count). The third-order valence-electron chi connectivity index (χ3n) is 3.72. The minimum absolute atomic E-state index is 0.100. The zero-order valence-corrected chi connectivity index (χ0v) is 11.2. The fraction of sp³-hybridized carbons (Fsp3) is 0.500. The van der Waals surface area contributed by atoms with Crippen LogP contribution in [0.2, 0.25) is 0 Å². The predicted octanol–water partition coefficient (Wildman–Crippen LogP) is 1.17. The number of halogens is 1. The molecule has 0 heterocycles. The normalized spacial score (nSPS) is 23.2. The highest BCUT2D eigenvalue weighted by molar-refractivity contribution is 5.97. The molecule has 0 saturated heterocycles. The van der Waals surface area contributed by atoms with Gasteiger partial charge in [-0.1, -0.05) is 17.3 Å². The number of nitrogens with zero attached hydrogens (tertiary/aromatic N) is 1. The second kappa shape index (κ2) is 6.67. The Hall–Kier alpha value is -1.66. The highest BCUT2D eigenvalue weighted by Crippen LogP contribution is 2.24. The van der Waals surface area contributed by atoms with Crippen molar-refractivity contribution in [2.24, 2.45) is 16.8 Å². The molecule has 1 aromatic carbocycles. The Labute approximate surface area is 117 Å². The summed E-state index contributed by atoms with van der Waals surface area (Å²) in [6, 6.07) is 4.81. The largest absolute Gasteiger partial charge is 0.409 e. The van der Waals surface area contributed by atoms with E-state index in [4.69, 9.17) is 10.9 Å². The van der Waals surface area contributed by atoms with Gasteiger partial charge in [-0.05, 0) is 37.8 Å². The minimum Gasteiger partial charge on any atom is -0.409 e. The van der Waals surface area contributed by atoms with Crippen molar-refractivity contribution < 1.29 is 14.7 Å². The summed E-state index contributed by atoms with van der Waals surface area (Å²) in [5, 5.41) is 24.1. The average molecular weight is 281 g/mol. The molecule has 2 atom stereocenters. The summed E-state index contributed by atoms with van der Waals surface area (Å²) in [6.07, 6.45) is 2.46. The Balaban J connectivity index is 1.93. The van der Waals surface area contributed by atoms with Gasteiger partial charge in [0.15, 0.2) is 5.84 Å². The van der Waals surface area contributed by atoms with E-state index in [1.54, 1.807) is 12.1 Å². The topological polar surface area (TPSA) is 90.9 Å². The first kappa shape index (κ1) is 14.7. The van der Waals surface area contributed by atoms with Gasteiger partial charge in [-0.15, -0.1) is 0 Å². The number of hydrogen-bond acceptors (Lipinski definition) is 4. The number of aliphatic hydroxyl groups excluding tert-OH is 1. The van der Waals surface area contributed by atoms with E-state index < -0.39 is 5.82 Å². The lowest BCUT2D eigenvalue weighted by Crippen LogP contribution is -2.23. The average Bonchev–Trinajstić information content (AvgIpc) is 2.85. The molecule has 5 N–H and O–H groups in total.